The molecule has 5 rings (SSSR count). The second-order valence-corrected chi connectivity index (χ2v) is 7.18. The number of nitrogens with zero attached hydrogens (tertiary/aromatic N) is 4. The van der Waals surface area contributed by atoms with Crippen molar-refractivity contribution >= 4 is 27.8 Å². The molecule has 136 valence electrons. The van der Waals surface area contributed by atoms with Crippen molar-refractivity contribution < 1.29 is 4.79 Å². The number of aromatic amines is 1. The van der Waals surface area contributed by atoms with Crippen LogP contribution in [0.25, 0.3) is 21.9 Å². The molecule has 0 radical (unpaired) electrons. The van der Waals surface area contributed by atoms with Gasteiger partial charge in [-0.1, -0.05) is 35.5 Å². The lowest BCUT2D eigenvalue weighted by molar-refractivity contribution is -0.133. The first-order valence-corrected chi connectivity index (χ1v) is 9.41. The maximum atomic E-state index is 12.7. The lowest BCUT2D eigenvalue weighted by Crippen LogP contribution is -2.39. The summed E-state index contributed by atoms with van der Waals surface area (Å²) in [5.41, 5.74) is 4.28. The van der Waals surface area contributed by atoms with Gasteiger partial charge < -0.3 is 9.88 Å². The normalized spacial score (nSPS) is 15.6. The molecule has 2 aromatic heterocycles. The Morgan fingerprint density at radius 1 is 1.07 bits per heavy atom. The number of amides is 1. The number of hydrogen-bond acceptors (Lipinski definition) is 3. The summed E-state index contributed by atoms with van der Waals surface area (Å²) in [6, 6.07) is 16.2. The molecule has 0 spiro atoms. The van der Waals surface area contributed by atoms with Crippen LogP contribution >= 0.6 is 0 Å². The summed E-state index contributed by atoms with van der Waals surface area (Å²) >= 11 is 0. The van der Waals surface area contributed by atoms with Gasteiger partial charge in [0.1, 0.15) is 12.1 Å². The molecule has 3 heterocycles. The molecule has 1 aliphatic rings. The van der Waals surface area contributed by atoms with Gasteiger partial charge in [0, 0.05) is 30.2 Å². The molecule has 1 aliphatic heterocycles. The van der Waals surface area contributed by atoms with Gasteiger partial charge in [-0.25, -0.2) is 4.68 Å². The van der Waals surface area contributed by atoms with Crippen LogP contribution in [0.2, 0.25) is 0 Å². The van der Waals surface area contributed by atoms with E-state index in [1.165, 1.54) is 16.5 Å². The topological polar surface area (TPSA) is 66.8 Å². The first-order chi connectivity index (χ1) is 13.3. The average molecular weight is 359 g/mol. The van der Waals surface area contributed by atoms with Crippen LogP contribution in [0, 0.1) is 0 Å². The van der Waals surface area contributed by atoms with Crippen LogP contribution in [-0.2, 0) is 11.3 Å². The van der Waals surface area contributed by atoms with Crippen LogP contribution in [0.1, 0.15) is 24.3 Å². The maximum absolute atomic E-state index is 12.7. The van der Waals surface area contributed by atoms with Crippen molar-refractivity contribution in [1.29, 1.82) is 0 Å². The minimum Gasteiger partial charge on any atom is -0.361 e. The van der Waals surface area contributed by atoms with Crippen molar-refractivity contribution in [3.63, 3.8) is 0 Å². The summed E-state index contributed by atoms with van der Waals surface area (Å²) in [6.07, 6.45) is 4.12. The highest BCUT2D eigenvalue weighted by atomic mass is 16.2. The van der Waals surface area contributed by atoms with E-state index < -0.39 is 0 Å². The van der Waals surface area contributed by atoms with Gasteiger partial charge in [0.15, 0.2) is 0 Å². The third-order valence-corrected chi connectivity index (χ3v) is 5.61. The van der Waals surface area contributed by atoms with Crippen molar-refractivity contribution in [3.8, 4) is 0 Å². The molecule has 1 N–H and O–H groups in total. The number of hydrogen-bond donors (Lipinski definition) is 1. The van der Waals surface area contributed by atoms with Crippen LogP contribution in [0.5, 0.6) is 0 Å². The van der Waals surface area contributed by atoms with Gasteiger partial charge in [-0.15, -0.1) is 5.10 Å². The predicted octanol–water partition coefficient (Wildman–Crippen LogP) is 3.32. The van der Waals surface area contributed by atoms with Gasteiger partial charge >= 0.3 is 0 Å². The number of nitrogens with one attached hydrogen (secondary N) is 1. The van der Waals surface area contributed by atoms with E-state index in [4.69, 9.17) is 0 Å². The van der Waals surface area contributed by atoms with E-state index in [0.717, 1.165) is 37.0 Å². The zero-order valence-electron chi connectivity index (χ0n) is 15.0. The number of aromatic nitrogens is 4. The number of carbonyl (C=O) groups excluding carboxylic acids is 1. The Hall–Kier alpha value is -3.15. The highest BCUT2D eigenvalue weighted by molar-refractivity contribution is 5.84. The smallest absolute Gasteiger partial charge is 0.244 e. The number of H-pyrrole nitrogens is 1. The molecule has 0 aliphatic carbocycles. The fourth-order valence-corrected chi connectivity index (χ4v) is 4.13. The summed E-state index contributed by atoms with van der Waals surface area (Å²) in [5, 5.41) is 9.57. The van der Waals surface area contributed by atoms with Crippen LogP contribution in [0.4, 0.5) is 0 Å². The fourth-order valence-electron chi connectivity index (χ4n) is 4.13. The van der Waals surface area contributed by atoms with Crippen LogP contribution in [0.3, 0.4) is 0 Å². The minimum absolute atomic E-state index is 0.114. The molecule has 0 saturated carbocycles. The number of carbonyl (C=O) groups is 1. The molecule has 1 fully saturated rings. The van der Waals surface area contributed by atoms with Crippen molar-refractivity contribution in [3.05, 3.63) is 60.3 Å². The van der Waals surface area contributed by atoms with Crippen LogP contribution in [0.15, 0.2) is 54.7 Å². The average Bonchev–Trinajstić information content (AvgIpc) is 3.33. The third kappa shape index (κ3) is 2.87. The van der Waals surface area contributed by atoms with E-state index in [9.17, 15) is 4.79 Å². The quantitative estimate of drug-likeness (QED) is 0.610. The van der Waals surface area contributed by atoms with Gasteiger partial charge in [-0.2, -0.15) is 0 Å². The van der Waals surface area contributed by atoms with E-state index in [0.29, 0.717) is 5.92 Å². The Kier molecular flexibility index (Phi) is 3.89. The van der Waals surface area contributed by atoms with E-state index in [1.54, 1.807) is 4.68 Å². The number of benzene rings is 2. The zero-order valence-corrected chi connectivity index (χ0v) is 15.0. The predicted molar refractivity (Wildman–Crippen MR) is 104 cm³/mol. The molecular weight excluding hydrogens is 338 g/mol. The molecule has 0 atom stereocenters. The molecule has 0 unspecified atom stereocenters. The number of likely N-dealkylation sites (tertiary alicyclic amines) is 1. The fraction of sp³-hybridized carbons (Fsp3) is 0.286. The molecule has 6 nitrogen and oxygen atoms in total. The molecule has 4 aromatic rings. The number of para-hydroxylation sites is 2. The highest BCUT2D eigenvalue weighted by Crippen LogP contribution is 2.33. The lowest BCUT2D eigenvalue weighted by atomic mass is 9.89. The number of fused-ring (bicyclic) bond motifs is 2. The zero-order chi connectivity index (χ0) is 18.2. The van der Waals surface area contributed by atoms with Gasteiger partial charge in [-0.3, -0.25) is 4.79 Å². The second-order valence-electron chi connectivity index (χ2n) is 7.18. The van der Waals surface area contributed by atoms with Gasteiger partial charge in [0.25, 0.3) is 0 Å². The minimum atomic E-state index is 0.114. The van der Waals surface area contributed by atoms with E-state index in [-0.39, 0.29) is 12.5 Å². The Balaban J connectivity index is 1.27. The van der Waals surface area contributed by atoms with E-state index in [2.05, 4.69) is 45.8 Å². The van der Waals surface area contributed by atoms with E-state index in [1.807, 2.05) is 29.2 Å². The monoisotopic (exact) mass is 359 g/mol. The maximum Gasteiger partial charge on any atom is 0.244 e. The molecule has 1 saturated heterocycles. The molecule has 0 bridgehead atoms. The summed E-state index contributed by atoms with van der Waals surface area (Å²) in [7, 11) is 0. The summed E-state index contributed by atoms with van der Waals surface area (Å²) in [4.78, 5) is 18.1. The molecule has 2 aromatic carbocycles. The van der Waals surface area contributed by atoms with Crippen molar-refractivity contribution in [2.75, 3.05) is 13.1 Å². The largest absolute Gasteiger partial charge is 0.361 e. The van der Waals surface area contributed by atoms with Crippen LogP contribution in [-0.4, -0.2) is 43.9 Å². The van der Waals surface area contributed by atoms with Crippen LogP contribution < -0.4 is 0 Å². The standard InChI is InChI=1S/C21H21N5O/c27-21(14-26-20-8-4-3-7-19(20)23-24-26)25-11-9-15(10-12-25)17-13-22-18-6-2-1-5-16(17)18/h1-8,13,15,22H,9-12,14H2. The molecule has 27 heavy (non-hydrogen) atoms. The number of rotatable bonds is 3. The SMILES string of the molecule is O=C(Cn1nnc2ccccc21)N1CCC(c2c[nH]c3ccccc23)CC1. The molecule has 1 amide bonds. The summed E-state index contributed by atoms with van der Waals surface area (Å²) < 4.78 is 1.70. The van der Waals surface area contributed by atoms with Crippen molar-refractivity contribution in [1.82, 2.24) is 24.9 Å². The van der Waals surface area contributed by atoms with E-state index >= 15 is 0 Å². The Bertz CT molecular complexity index is 1100. The molecule has 6 heteroatoms. The molecular formula is C21H21N5O. The van der Waals surface area contributed by atoms with Gasteiger partial charge in [-0.05, 0) is 42.5 Å². The van der Waals surface area contributed by atoms with Crippen molar-refractivity contribution in [2.45, 2.75) is 25.3 Å². The number of piperidine rings is 1. The van der Waals surface area contributed by atoms with Crippen molar-refractivity contribution in [2.24, 2.45) is 0 Å². The first kappa shape index (κ1) is 16.1. The Morgan fingerprint density at radius 2 is 1.85 bits per heavy atom. The summed E-state index contributed by atoms with van der Waals surface area (Å²) in [5.74, 6) is 0.612. The Labute approximate surface area is 156 Å². The Morgan fingerprint density at radius 3 is 2.74 bits per heavy atom. The summed E-state index contributed by atoms with van der Waals surface area (Å²) in [6.45, 7) is 1.82. The first-order valence-electron chi connectivity index (χ1n) is 9.41. The van der Waals surface area contributed by atoms with Gasteiger partial charge in [0.2, 0.25) is 5.91 Å². The second kappa shape index (κ2) is 6.54. The lowest BCUT2D eigenvalue weighted by Gasteiger charge is -2.32. The van der Waals surface area contributed by atoms with Gasteiger partial charge in [0.05, 0.1) is 5.52 Å². The third-order valence-electron chi connectivity index (χ3n) is 5.61. The highest BCUT2D eigenvalue weighted by Gasteiger charge is 2.25.